The van der Waals surface area contributed by atoms with Crippen LogP contribution < -0.4 is 10.5 Å². The number of ether oxygens (including phenoxy) is 2. The van der Waals surface area contributed by atoms with Crippen LogP contribution in [-0.2, 0) is 14.3 Å². The highest BCUT2D eigenvalue weighted by Gasteiger charge is 2.11. The number of benzene rings is 2. The molecule has 2 rings (SSSR count). The number of carbonyl (C=O) groups is 3. The molecule has 0 saturated heterocycles. The number of nitrogens with zero attached hydrogens (tertiary/aromatic N) is 1. The van der Waals surface area contributed by atoms with Gasteiger partial charge < -0.3 is 9.47 Å². The van der Waals surface area contributed by atoms with Crippen molar-refractivity contribution in [2.45, 2.75) is 6.92 Å². The molecule has 3 N–H and O–H groups in total. The molecule has 144 valence electrons. The lowest BCUT2D eigenvalue weighted by atomic mass is 10.2. The summed E-state index contributed by atoms with van der Waals surface area (Å²) in [7, 11) is 2.57. The van der Waals surface area contributed by atoms with E-state index in [0.29, 0.717) is 16.3 Å². The fraction of sp³-hybridized carbons (Fsp3) is 0.167. The highest BCUT2D eigenvalue weighted by molar-refractivity contribution is 5.93. The Bertz CT molecular complexity index is 808. The van der Waals surface area contributed by atoms with Crippen LogP contribution in [0.2, 0.25) is 0 Å². The largest absolute Gasteiger partial charge is 0.465 e. The van der Waals surface area contributed by atoms with E-state index in [9.17, 15) is 19.6 Å². The second-order valence-electron chi connectivity index (χ2n) is 5.06. The fourth-order valence-electron chi connectivity index (χ4n) is 1.90. The molecule has 0 aliphatic rings. The van der Waals surface area contributed by atoms with Gasteiger partial charge in [-0.05, 0) is 36.4 Å². The molecule has 0 unspecified atom stereocenters. The quantitative estimate of drug-likeness (QED) is 0.422. The van der Waals surface area contributed by atoms with Crippen molar-refractivity contribution >= 4 is 29.2 Å². The van der Waals surface area contributed by atoms with Gasteiger partial charge in [-0.2, -0.15) is 5.06 Å². The molecule has 0 saturated carbocycles. The van der Waals surface area contributed by atoms with E-state index in [4.69, 9.17) is 5.21 Å². The fourth-order valence-corrected chi connectivity index (χ4v) is 1.90. The minimum atomic E-state index is -0.531. The van der Waals surface area contributed by atoms with Crippen molar-refractivity contribution in [3.8, 4) is 0 Å². The predicted octanol–water partition coefficient (Wildman–Crippen LogP) is 2.49. The number of hydrogen-bond acceptors (Lipinski definition) is 8. The van der Waals surface area contributed by atoms with E-state index in [1.807, 2.05) is 5.48 Å². The Labute approximate surface area is 155 Å². The summed E-state index contributed by atoms with van der Waals surface area (Å²) in [6, 6.07) is 12.3. The van der Waals surface area contributed by atoms with Crippen LogP contribution in [0.3, 0.4) is 0 Å². The molecule has 2 aromatic carbocycles. The van der Waals surface area contributed by atoms with E-state index in [-0.39, 0.29) is 11.3 Å². The smallest absolute Gasteiger partial charge is 0.337 e. The first-order valence-electron chi connectivity index (χ1n) is 7.60. The number of nitrogens with one attached hydrogen (secondary N) is 1. The summed E-state index contributed by atoms with van der Waals surface area (Å²) >= 11 is 0. The second kappa shape index (κ2) is 10.5. The maximum absolute atomic E-state index is 11.2. The minimum absolute atomic E-state index is 0.227. The zero-order valence-corrected chi connectivity index (χ0v) is 15.0. The molecule has 0 aromatic heterocycles. The van der Waals surface area contributed by atoms with Gasteiger partial charge in [-0.1, -0.05) is 12.1 Å². The lowest BCUT2D eigenvalue weighted by molar-refractivity contribution is -0.121. The zero-order valence-electron chi connectivity index (χ0n) is 15.0. The number of hydroxylamine groups is 1. The van der Waals surface area contributed by atoms with Gasteiger partial charge in [0.1, 0.15) is 0 Å². The Balaban J connectivity index is 0.000000277. The van der Waals surface area contributed by atoms with Gasteiger partial charge in [-0.3, -0.25) is 20.7 Å². The van der Waals surface area contributed by atoms with E-state index < -0.39 is 17.8 Å². The summed E-state index contributed by atoms with van der Waals surface area (Å²) in [6.45, 7) is 1.21. The van der Waals surface area contributed by atoms with Crippen molar-refractivity contribution in [1.82, 2.24) is 0 Å². The molecule has 0 radical (unpaired) electrons. The van der Waals surface area contributed by atoms with Crippen molar-refractivity contribution in [3.63, 3.8) is 0 Å². The molecular weight excluding hydrogens is 356 g/mol. The first-order chi connectivity index (χ1) is 12.8. The van der Waals surface area contributed by atoms with Crippen molar-refractivity contribution < 1.29 is 34.3 Å². The average molecular weight is 376 g/mol. The van der Waals surface area contributed by atoms with E-state index in [1.54, 1.807) is 24.3 Å². The molecule has 9 nitrogen and oxygen atoms in total. The first-order valence-corrected chi connectivity index (χ1v) is 7.60. The van der Waals surface area contributed by atoms with Crippen LogP contribution in [0.4, 0.5) is 11.4 Å². The van der Waals surface area contributed by atoms with Gasteiger partial charge in [0.25, 0.3) is 0 Å². The number of rotatable bonds is 4. The molecule has 9 heteroatoms. The lowest BCUT2D eigenvalue weighted by Crippen LogP contribution is -2.23. The topological polar surface area (TPSA) is 125 Å². The van der Waals surface area contributed by atoms with Gasteiger partial charge in [0.15, 0.2) is 0 Å². The highest BCUT2D eigenvalue weighted by atomic mass is 16.5. The summed E-state index contributed by atoms with van der Waals surface area (Å²) in [5, 5.41) is 18.3. The van der Waals surface area contributed by atoms with Crippen molar-refractivity contribution in [2.24, 2.45) is 0 Å². The van der Waals surface area contributed by atoms with Crippen LogP contribution >= 0.6 is 0 Å². The number of hydrogen-bond donors (Lipinski definition) is 3. The number of esters is 2. The molecular formula is C18H20N2O7. The van der Waals surface area contributed by atoms with Gasteiger partial charge in [0, 0.05) is 6.92 Å². The SMILES string of the molecule is COC(=O)c1cccc(N(O)C(C)=O)c1.COC(=O)c1cccc(NO)c1. The van der Waals surface area contributed by atoms with Crippen LogP contribution in [0.1, 0.15) is 27.6 Å². The Morgan fingerprint density at radius 2 is 1.44 bits per heavy atom. The Morgan fingerprint density at radius 1 is 0.926 bits per heavy atom. The molecule has 0 aliphatic carbocycles. The van der Waals surface area contributed by atoms with E-state index in [1.165, 1.54) is 45.4 Å². The van der Waals surface area contributed by atoms with E-state index >= 15 is 0 Å². The minimum Gasteiger partial charge on any atom is -0.465 e. The molecule has 0 spiro atoms. The van der Waals surface area contributed by atoms with E-state index in [0.717, 1.165) is 0 Å². The van der Waals surface area contributed by atoms with Crippen molar-refractivity contribution in [3.05, 3.63) is 59.7 Å². The highest BCUT2D eigenvalue weighted by Crippen LogP contribution is 2.15. The van der Waals surface area contributed by atoms with Gasteiger partial charge in [0.2, 0.25) is 5.91 Å². The maximum atomic E-state index is 11.2. The van der Waals surface area contributed by atoms with Gasteiger partial charge in [-0.15, -0.1) is 0 Å². The monoisotopic (exact) mass is 376 g/mol. The summed E-state index contributed by atoms with van der Waals surface area (Å²) in [5.74, 6) is -1.47. The predicted molar refractivity (Wildman–Crippen MR) is 95.9 cm³/mol. The maximum Gasteiger partial charge on any atom is 0.337 e. The van der Waals surface area contributed by atoms with Crippen LogP contribution in [0, 0.1) is 0 Å². The van der Waals surface area contributed by atoms with Crippen LogP contribution in [0.25, 0.3) is 0 Å². The molecule has 2 aromatic rings. The number of amides is 1. The third kappa shape index (κ3) is 6.42. The van der Waals surface area contributed by atoms with Crippen LogP contribution in [-0.4, -0.2) is 42.5 Å². The third-order valence-corrected chi connectivity index (χ3v) is 3.22. The van der Waals surface area contributed by atoms with Gasteiger partial charge in [-0.25, -0.2) is 9.59 Å². The van der Waals surface area contributed by atoms with Crippen LogP contribution in [0.15, 0.2) is 48.5 Å². The number of anilines is 2. The first kappa shape index (κ1) is 21.6. The Hall–Kier alpha value is -3.43. The summed E-state index contributed by atoms with van der Waals surface area (Å²) in [5.41, 5.74) is 3.30. The molecule has 0 heterocycles. The summed E-state index contributed by atoms with van der Waals surface area (Å²) in [4.78, 5) is 33.0. The van der Waals surface area contributed by atoms with Gasteiger partial charge in [0.05, 0.1) is 36.7 Å². The van der Waals surface area contributed by atoms with Crippen molar-refractivity contribution in [2.75, 3.05) is 24.8 Å². The van der Waals surface area contributed by atoms with Gasteiger partial charge >= 0.3 is 11.9 Å². The van der Waals surface area contributed by atoms with E-state index in [2.05, 4.69) is 9.47 Å². The summed E-state index contributed by atoms with van der Waals surface area (Å²) < 4.78 is 8.99. The molecule has 27 heavy (non-hydrogen) atoms. The van der Waals surface area contributed by atoms with Crippen LogP contribution in [0.5, 0.6) is 0 Å². The normalized spacial score (nSPS) is 9.37. The number of carbonyl (C=O) groups excluding carboxylic acids is 3. The molecule has 0 aliphatic heterocycles. The van der Waals surface area contributed by atoms with Crippen molar-refractivity contribution in [1.29, 1.82) is 0 Å². The standard InChI is InChI=1S/C10H11NO4.C8H9NO3/c1-7(12)11(14)9-5-3-4-8(6-9)10(13)15-2;1-12-8(10)6-3-2-4-7(5-6)9-11/h3-6,14H,1-2H3;2-5,9,11H,1H3. The number of methoxy groups -OCH3 is 2. The lowest BCUT2D eigenvalue weighted by Gasteiger charge is -2.12. The molecule has 0 fully saturated rings. The second-order valence-corrected chi connectivity index (χ2v) is 5.06. The molecule has 0 bridgehead atoms. The zero-order chi connectivity index (χ0) is 20.4. The molecule has 1 amide bonds. The average Bonchev–Trinajstić information content (AvgIpc) is 2.72. The third-order valence-electron chi connectivity index (χ3n) is 3.22. The molecule has 0 atom stereocenters. The Morgan fingerprint density at radius 3 is 1.93 bits per heavy atom. The summed E-state index contributed by atoms with van der Waals surface area (Å²) in [6.07, 6.45) is 0. The Kier molecular flexibility index (Phi) is 8.43.